The van der Waals surface area contributed by atoms with Crippen molar-refractivity contribution in [3.8, 4) is 12.1 Å². The molecule has 1 atom stereocenters. The zero-order valence-electron chi connectivity index (χ0n) is 8.40. The summed E-state index contributed by atoms with van der Waals surface area (Å²) in [6.07, 6.45) is 0. The van der Waals surface area contributed by atoms with Crippen molar-refractivity contribution in [3.05, 3.63) is 0 Å². The molecule has 0 radical (unpaired) electrons. The maximum Gasteiger partial charge on any atom is 0.241 e. The number of hydrogen-bond donors (Lipinski definition) is 1. The first-order valence-electron chi connectivity index (χ1n) is 4.32. The van der Waals surface area contributed by atoms with E-state index in [1.165, 1.54) is 0 Å². The van der Waals surface area contributed by atoms with E-state index in [2.05, 4.69) is 0 Å². The Morgan fingerprint density at radius 3 is 2.07 bits per heavy atom. The van der Waals surface area contributed by atoms with Crippen molar-refractivity contribution in [3.63, 3.8) is 0 Å². The molecule has 0 aliphatic carbocycles. The molecular weight excluding hydrogens is 180 g/mol. The van der Waals surface area contributed by atoms with E-state index in [0.29, 0.717) is 0 Å². The van der Waals surface area contributed by atoms with Crippen LogP contribution >= 0.6 is 0 Å². The summed E-state index contributed by atoms with van der Waals surface area (Å²) in [5.74, 6) is -0.342. The van der Waals surface area contributed by atoms with Crippen LogP contribution in [0.2, 0.25) is 0 Å². The van der Waals surface area contributed by atoms with E-state index < -0.39 is 6.04 Å². The summed E-state index contributed by atoms with van der Waals surface area (Å²) in [5, 5.41) is 16.9. The third kappa shape index (κ3) is 3.42. The second kappa shape index (κ2) is 5.95. The lowest BCUT2D eigenvalue weighted by atomic mass is 10.0. The van der Waals surface area contributed by atoms with Crippen LogP contribution in [-0.2, 0) is 4.79 Å². The molecule has 0 spiro atoms. The Hall–Kier alpha value is -1.59. The second-order valence-electron chi connectivity index (χ2n) is 3.28. The molecule has 0 saturated carbocycles. The second-order valence-corrected chi connectivity index (χ2v) is 3.28. The average molecular weight is 194 g/mol. The quantitative estimate of drug-likeness (QED) is 0.629. The molecule has 0 aliphatic rings. The molecule has 0 aromatic carbocycles. The van der Waals surface area contributed by atoms with Crippen LogP contribution in [0.25, 0.3) is 0 Å². The van der Waals surface area contributed by atoms with Gasteiger partial charge in [0.1, 0.15) is 13.1 Å². The van der Waals surface area contributed by atoms with Crippen LogP contribution in [-0.4, -0.2) is 29.9 Å². The predicted octanol–water partition coefficient (Wildman–Crippen LogP) is -0.155. The fraction of sp³-hybridized carbons (Fsp3) is 0.667. The van der Waals surface area contributed by atoms with Gasteiger partial charge in [-0.1, -0.05) is 13.8 Å². The Kier molecular flexibility index (Phi) is 5.28. The van der Waals surface area contributed by atoms with Crippen LogP contribution in [0.4, 0.5) is 0 Å². The maximum absolute atomic E-state index is 11.6. The van der Waals surface area contributed by atoms with Gasteiger partial charge in [-0.15, -0.1) is 0 Å². The molecular formula is C9H14N4O. The Labute approximate surface area is 83.7 Å². The molecule has 14 heavy (non-hydrogen) atoms. The lowest BCUT2D eigenvalue weighted by Gasteiger charge is -2.22. The normalized spacial score (nSPS) is 11.6. The van der Waals surface area contributed by atoms with Gasteiger partial charge in [-0.2, -0.15) is 10.5 Å². The van der Waals surface area contributed by atoms with Gasteiger partial charge in [-0.3, -0.25) is 4.79 Å². The zero-order chi connectivity index (χ0) is 11.1. The van der Waals surface area contributed by atoms with Crippen LogP contribution in [0.1, 0.15) is 13.8 Å². The number of rotatable bonds is 4. The van der Waals surface area contributed by atoms with Crippen molar-refractivity contribution in [2.45, 2.75) is 19.9 Å². The van der Waals surface area contributed by atoms with Gasteiger partial charge in [0.15, 0.2) is 0 Å². The van der Waals surface area contributed by atoms with Crippen LogP contribution in [0, 0.1) is 28.6 Å². The zero-order valence-corrected chi connectivity index (χ0v) is 8.40. The molecule has 76 valence electrons. The van der Waals surface area contributed by atoms with Crippen LogP contribution in [0.3, 0.4) is 0 Å². The number of carbonyl (C=O) groups is 1. The number of nitrogens with two attached hydrogens (primary N) is 1. The minimum Gasteiger partial charge on any atom is -0.320 e. The first-order chi connectivity index (χ1) is 6.54. The SMILES string of the molecule is CC(C)[C@H](N)C(=O)N(CC#N)CC#N. The van der Waals surface area contributed by atoms with E-state index in [1.807, 2.05) is 26.0 Å². The van der Waals surface area contributed by atoms with E-state index in [4.69, 9.17) is 16.3 Å². The minimum absolute atomic E-state index is 0.00221. The van der Waals surface area contributed by atoms with Crippen molar-refractivity contribution < 1.29 is 4.79 Å². The molecule has 2 N–H and O–H groups in total. The number of carbonyl (C=O) groups excluding carboxylic acids is 1. The van der Waals surface area contributed by atoms with Gasteiger partial charge >= 0.3 is 0 Å². The van der Waals surface area contributed by atoms with Gasteiger partial charge in [0.2, 0.25) is 5.91 Å². The van der Waals surface area contributed by atoms with Gasteiger partial charge in [0.05, 0.1) is 18.2 Å². The lowest BCUT2D eigenvalue weighted by molar-refractivity contribution is -0.132. The van der Waals surface area contributed by atoms with Gasteiger partial charge in [0, 0.05) is 0 Å². The summed E-state index contributed by atoms with van der Waals surface area (Å²) in [6.45, 7) is 3.46. The monoisotopic (exact) mass is 194 g/mol. The first kappa shape index (κ1) is 12.4. The Balaban J connectivity index is 4.45. The van der Waals surface area contributed by atoms with E-state index in [9.17, 15) is 4.79 Å². The molecule has 0 aromatic heterocycles. The summed E-state index contributed by atoms with van der Waals surface area (Å²) in [4.78, 5) is 12.7. The summed E-state index contributed by atoms with van der Waals surface area (Å²) >= 11 is 0. The summed E-state index contributed by atoms with van der Waals surface area (Å²) < 4.78 is 0. The number of nitrogens with zero attached hydrogens (tertiary/aromatic N) is 3. The van der Waals surface area contributed by atoms with Gasteiger partial charge in [-0.05, 0) is 5.92 Å². The first-order valence-corrected chi connectivity index (χ1v) is 4.32. The molecule has 0 bridgehead atoms. The summed E-state index contributed by atoms with van der Waals surface area (Å²) in [7, 11) is 0. The molecule has 0 rings (SSSR count). The Morgan fingerprint density at radius 1 is 1.36 bits per heavy atom. The van der Waals surface area contributed by atoms with Gasteiger partial charge < -0.3 is 10.6 Å². The molecule has 5 heteroatoms. The Bertz CT molecular complexity index is 258. The fourth-order valence-corrected chi connectivity index (χ4v) is 0.878. The molecule has 0 heterocycles. The minimum atomic E-state index is -0.642. The highest BCUT2D eigenvalue weighted by atomic mass is 16.2. The van der Waals surface area contributed by atoms with E-state index >= 15 is 0 Å². The number of nitriles is 2. The molecule has 0 saturated heterocycles. The molecule has 5 nitrogen and oxygen atoms in total. The largest absolute Gasteiger partial charge is 0.320 e. The third-order valence-corrected chi connectivity index (χ3v) is 1.84. The number of amides is 1. The predicted molar refractivity (Wildman–Crippen MR) is 50.6 cm³/mol. The van der Waals surface area contributed by atoms with Gasteiger partial charge in [0.25, 0.3) is 0 Å². The van der Waals surface area contributed by atoms with Crippen LogP contribution in [0.5, 0.6) is 0 Å². The van der Waals surface area contributed by atoms with E-state index in [-0.39, 0.29) is 24.9 Å². The van der Waals surface area contributed by atoms with Crippen molar-refractivity contribution in [1.29, 1.82) is 10.5 Å². The Morgan fingerprint density at radius 2 is 1.79 bits per heavy atom. The van der Waals surface area contributed by atoms with E-state index in [0.717, 1.165) is 4.90 Å². The van der Waals surface area contributed by atoms with Crippen molar-refractivity contribution in [2.75, 3.05) is 13.1 Å². The standard InChI is InChI=1S/C9H14N4O/c1-7(2)8(12)9(14)13(5-3-10)6-4-11/h7-8H,5-6,12H2,1-2H3/t8-/m0/s1. The average Bonchev–Trinajstić information content (AvgIpc) is 2.15. The van der Waals surface area contributed by atoms with Crippen molar-refractivity contribution in [2.24, 2.45) is 11.7 Å². The van der Waals surface area contributed by atoms with Crippen molar-refractivity contribution >= 4 is 5.91 Å². The van der Waals surface area contributed by atoms with Crippen LogP contribution < -0.4 is 5.73 Å². The summed E-state index contributed by atoms with van der Waals surface area (Å²) in [5.41, 5.74) is 5.61. The third-order valence-electron chi connectivity index (χ3n) is 1.84. The lowest BCUT2D eigenvalue weighted by Crippen LogP contribution is -2.46. The topological polar surface area (TPSA) is 93.9 Å². The molecule has 0 unspecified atom stereocenters. The van der Waals surface area contributed by atoms with Gasteiger partial charge in [-0.25, -0.2) is 0 Å². The highest BCUT2D eigenvalue weighted by Gasteiger charge is 2.22. The smallest absolute Gasteiger partial charge is 0.241 e. The highest BCUT2D eigenvalue weighted by Crippen LogP contribution is 2.02. The van der Waals surface area contributed by atoms with Crippen LogP contribution in [0.15, 0.2) is 0 Å². The highest BCUT2D eigenvalue weighted by molar-refractivity contribution is 5.82. The number of hydrogen-bond acceptors (Lipinski definition) is 4. The van der Waals surface area contributed by atoms with Crippen molar-refractivity contribution in [1.82, 2.24) is 4.90 Å². The fourth-order valence-electron chi connectivity index (χ4n) is 0.878. The molecule has 1 amide bonds. The maximum atomic E-state index is 11.6. The molecule has 0 aliphatic heterocycles. The van der Waals surface area contributed by atoms with E-state index in [1.54, 1.807) is 0 Å². The molecule has 0 aromatic rings. The summed E-state index contributed by atoms with van der Waals surface area (Å²) in [6, 6.07) is 3.01. The molecule has 0 fully saturated rings.